The first-order valence-electron chi connectivity index (χ1n) is 9.58. The Morgan fingerprint density at radius 3 is 2.59 bits per heavy atom. The van der Waals surface area contributed by atoms with Gasteiger partial charge in [0.15, 0.2) is 0 Å². The minimum absolute atomic E-state index is 0.0301. The van der Waals surface area contributed by atoms with Crippen LogP contribution in [0.3, 0.4) is 0 Å². The third-order valence-electron chi connectivity index (χ3n) is 5.15. The van der Waals surface area contributed by atoms with Crippen molar-refractivity contribution < 1.29 is 14.3 Å². The van der Waals surface area contributed by atoms with Crippen LogP contribution in [-0.4, -0.2) is 29.3 Å². The number of nitrogens with zero attached hydrogens (tertiary/aromatic N) is 1. The topological polar surface area (TPSA) is 58.6 Å². The maximum absolute atomic E-state index is 12.6. The van der Waals surface area contributed by atoms with E-state index in [1.807, 2.05) is 59.5 Å². The predicted molar refractivity (Wildman–Crippen MR) is 102 cm³/mol. The molecule has 1 N–H and O–H groups in total. The molecule has 1 saturated heterocycles. The van der Waals surface area contributed by atoms with Gasteiger partial charge >= 0.3 is 0 Å². The molecule has 1 heterocycles. The van der Waals surface area contributed by atoms with E-state index in [1.165, 1.54) is 0 Å². The summed E-state index contributed by atoms with van der Waals surface area (Å²) in [5.74, 6) is 1.66. The molecule has 27 heavy (non-hydrogen) atoms. The minimum Gasteiger partial charge on any atom is -0.457 e. The number of rotatable bonds is 6. The molecule has 2 aliphatic rings. The van der Waals surface area contributed by atoms with Crippen LogP contribution in [0.2, 0.25) is 0 Å². The van der Waals surface area contributed by atoms with Gasteiger partial charge in [0.1, 0.15) is 11.5 Å². The molecular weight excluding hydrogens is 340 g/mol. The van der Waals surface area contributed by atoms with Crippen molar-refractivity contribution in [3.63, 3.8) is 0 Å². The Bertz CT molecular complexity index is 817. The van der Waals surface area contributed by atoms with E-state index >= 15 is 0 Å². The molecule has 2 fully saturated rings. The van der Waals surface area contributed by atoms with Crippen molar-refractivity contribution in [1.82, 2.24) is 10.2 Å². The average Bonchev–Trinajstić information content (AvgIpc) is 3.53. The molecule has 5 heteroatoms. The van der Waals surface area contributed by atoms with Gasteiger partial charge in [-0.3, -0.25) is 9.59 Å². The smallest absolute Gasteiger partial charge is 0.225 e. The lowest BCUT2D eigenvalue weighted by molar-refractivity contribution is -0.138. The zero-order valence-electron chi connectivity index (χ0n) is 15.3. The molecule has 2 aromatic rings. The van der Waals surface area contributed by atoms with Gasteiger partial charge in [-0.2, -0.15) is 0 Å². The molecule has 0 aromatic heterocycles. The molecule has 0 spiro atoms. The maximum Gasteiger partial charge on any atom is 0.225 e. The molecule has 4 rings (SSSR count). The Balaban J connectivity index is 1.32. The Morgan fingerprint density at radius 1 is 1.04 bits per heavy atom. The highest BCUT2D eigenvalue weighted by Gasteiger charge is 2.38. The van der Waals surface area contributed by atoms with E-state index in [4.69, 9.17) is 4.74 Å². The Kier molecular flexibility index (Phi) is 5.10. The number of carbonyl (C=O) groups excluding carboxylic acids is 2. The van der Waals surface area contributed by atoms with Crippen LogP contribution in [0.1, 0.15) is 31.2 Å². The van der Waals surface area contributed by atoms with Crippen molar-refractivity contribution in [2.75, 3.05) is 6.54 Å². The van der Waals surface area contributed by atoms with Crippen LogP contribution in [0.25, 0.3) is 0 Å². The second-order valence-electron chi connectivity index (χ2n) is 7.29. The average molecular weight is 364 g/mol. The molecule has 1 atom stereocenters. The van der Waals surface area contributed by atoms with Gasteiger partial charge in [-0.05, 0) is 49.1 Å². The SMILES string of the molecule is O=C(NCc1cccc(Oc2ccccc2)c1)C1CCC(=O)N(C2CC2)C1. The minimum atomic E-state index is -0.105. The van der Waals surface area contributed by atoms with E-state index in [-0.39, 0.29) is 17.7 Å². The molecule has 2 amide bonds. The first-order valence-corrected chi connectivity index (χ1v) is 9.58. The summed E-state index contributed by atoms with van der Waals surface area (Å²) in [5.41, 5.74) is 0.989. The lowest BCUT2D eigenvalue weighted by Gasteiger charge is -2.32. The quantitative estimate of drug-likeness (QED) is 0.853. The largest absolute Gasteiger partial charge is 0.457 e. The van der Waals surface area contributed by atoms with Crippen molar-refractivity contribution in [2.24, 2.45) is 5.92 Å². The number of hydrogen-bond acceptors (Lipinski definition) is 3. The summed E-state index contributed by atoms with van der Waals surface area (Å²) >= 11 is 0. The summed E-state index contributed by atoms with van der Waals surface area (Å²) in [7, 11) is 0. The van der Waals surface area contributed by atoms with Crippen LogP contribution >= 0.6 is 0 Å². The Labute approximate surface area is 159 Å². The van der Waals surface area contributed by atoms with Crippen LogP contribution in [-0.2, 0) is 16.1 Å². The van der Waals surface area contributed by atoms with E-state index in [0.717, 1.165) is 29.9 Å². The fourth-order valence-corrected chi connectivity index (χ4v) is 3.50. The normalized spacial score (nSPS) is 19.6. The fourth-order valence-electron chi connectivity index (χ4n) is 3.50. The number of ether oxygens (including phenoxy) is 1. The van der Waals surface area contributed by atoms with Gasteiger partial charge in [-0.15, -0.1) is 0 Å². The molecule has 1 saturated carbocycles. The van der Waals surface area contributed by atoms with E-state index in [2.05, 4.69) is 5.32 Å². The highest BCUT2D eigenvalue weighted by atomic mass is 16.5. The molecule has 5 nitrogen and oxygen atoms in total. The third-order valence-corrected chi connectivity index (χ3v) is 5.15. The van der Waals surface area contributed by atoms with Crippen molar-refractivity contribution in [3.8, 4) is 11.5 Å². The first kappa shape index (κ1) is 17.6. The highest BCUT2D eigenvalue weighted by molar-refractivity contribution is 5.84. The zero-order valence-corrected chi connectivity index (χ0v) is 15.3. The number of benzene rings is 2. The summed E-state index contributed by atoms with van der Waals surface area (Å²) < 4.78 is 5.84. The first-order chi connectivity index (χ1) is 13.2. The number of nitrogens with one attached hydrogen (secondary N) is 1. The molecule has 1 aliphatic carbocycles. The Morgan fingerprint density at radius 2 is 1.81 bits per heavy atom. The standard InChI is InChI=1S/C22H24N2O3/c25-21-12-9-17(15-24(21)18-10-11-18)22(26)23-14-16-5-4-8-20(13-16)27-19-6-2-1-3-7-19/h1-8,13,17-18H,9-12,14-15H2,(H,23,26). The van der Waals surface area contributed by atoms with Gasteiger partial charge in [0.25, 0.3) is 0 Å². The number of piperidine rings is 1. The van der Waals surface area contributed by atoms with Gasteiger partial charge in [-0.25, -0.2) is 0 Å². The van der Waals surface area contributed by atoms with E-state index in [0.29, 0.717) is 32.0 Å². The molecule has 0 radical (unpaired) electrons. The van der Waals surface area contributed by atoms with Crippen molar-refractivity contribution in [2.45, 2.75) is 38.3 Å². The molecule has 140 valence electrons. The predicted octanol–water partition coefficient (Wildman–Crippen LogP) is 3.50. The van der Waals surface area contributed by atoms with Crippen LogP contribution < -0.4 is 10.1 Å². The lowest BCUT2D eigenvalue weighted by atomic mass is 9.96. The maximum atomic E-state index is 12.6. The monoisotopic (exact) mass is 364 g/mol. The summed E-state index contributed by atoms with van der Waals surface area (Å²) in [6.45, 7) is 1.02. The van der Waals surface area contributed by atoms with Gasteiger partial charge in [-0.1, -0.05) is 30.3 Å². The Hall–Kier alpha value is -2.82. The van der Waals surface area contributed by atoms with Gasteiger partial charge in [0.2, 0.25) is 11.8 Å². The van der Waals surface area contributed by atoms with E-state index in [9.17, 15) is 9.59 Å². The number of amides is 2. The molecule has 0 bridgehead atoms. The van der Waals surface area contributed by atoms with Gasteiger partial charge in [0.05, 0.1) is 5.92 Å². The summed E-state index contributed by atoms with van der Waals surface area (Å²) in [6, 6.07) is 17.7. The summed E-state index contributed by atoms with van der Waals surface area (Å²) in [6.07, 6.45) is 3.28. The van der Waals surface area contributed by atoms with Crippen LogP contribution in [0.4, 0.5) is 0 Å². The zero-order chi connectivity index (χ0) is 18.6. The van der Waals surface area contributed by atoms with E-state index < -0.39 is 0 Å². The number of carbonyl (C=O) groups is 2. The van der Waals surface area contributed by atoms with Crippen molar-refractivity contribution in [1.29, 1.82) is 0 Å². The molecular formula is C22H24N2O3. The lowest BCUT2D eigenvalue weighted by Crippen LogP contribution is -2.46. The van der Waals surface area contributed by atoms with Crippen molar-refractivity contribution >= 4 is 11.8 Å². The van der Waals surface area contributed by atoms with Crippen LogP contribution in [0.5, 0.6) is 11.5 Å². The molecule has 1 unspecified atom stereocenters. The summed E-state index contributed by atoms with van der Waals surface area (Å²) in [4.78, 5) is 26.5. The summed E-state index contributed by atoms with van der Waals surface area (Å²) in [5, 5.41) is 3.02. The van der Waals surface area contributed by atoms with Crippen LogP contribution in [0.15, 0.2) is 54.6 Å². The second kappa shape index (κ2) is 7.82. The van der Waals surface area contributed by atoms with Crippen LogP contribution in [0, 0.1) is 5.92 Å². The fraction of sp³-hybridized carbons (Fsp3) is 0.364. The molecule has 1 aliphatic heterocycles. The third kappa shape index (κ3) is 4.48. The number of hydrogen-bond donors (Lipinski definition) is 1. The second-order valence-corrected chi connectivity index (χ2v) is 7.29. The van der Waals surface area contributed by atoms with Gasteiger partial charge < -0.3 is 15.0 Å². The van der Waals surface area contributed by atoms with Gasteiger partial charge in [0, 0.05) is 25.6 Å². The molecule has 2 aromatic carbocycles. The number of likely N-dealkylation sites (tertiary alicyclic amines) is 1. The highest BCUT2D eigenvalue weighted by Crippen LogP contribution is 2.31. The number of para-hydroxylation sites is 1. The van der Waals surface area contributed by atoms with Crippen molar-refractivity contribution in [3.05, 3.63) is 60.2 Å². The van der Waals surface area contributed by atoms with E-state index in [1.54, 1.807) is 0 Å².